The van der Waals surface area contributed by atoms with E-state index in [2.05, 4.69) is 0 Å². The molecule has 1 aromatic heterocycles. The van der Waals surface area contributed by atoms with E-state index in [0.717, 1.165) is 0 Å². The predicted molar refractivity (Wildman–Crippen MR) is 185 cm³/mol. The molecule has 0 atom stereocenters. The molecule has 2 nitrogen and oxygen atoms in total. The Morgan fingerprint density at radius 1 is 0.591 bits per heavy atom. The molecule has 0 spiro atoms. The van der Waals surface area contributed by atoms with Gasteiger partial charge in [-0.3, -0.25) is 4.57 Å². The zero-order chi connectivity index (χ0) is 42.5. The summed E-state index contributed by atoms with van der Waals surface area (Å²) in [5, 5.41) is -0.920. The molecule has 0 bridgehead atoms. The molecule has 1 heterocycles. The van der Waals surface area contributed by atoms with Crippen LogP contribution in [0.5, 0.6) is 0 Å². The van der Waals surface area contributed by atoms with Gasteiger partial charge in [0.1, 0.15) is 5.82 Å². The van der Waals surface area contributed by atoms with Gasteiger partial charge in [-0.15, -0.1) is 0 Å². The summed E-state index contributed by atoms with van der Waals surface area (Å²) in [5.41, 5.74) is -0.288. The lowest BCUT2D eigenvalue weighted by Gasteiger charge is -2.23. The number of fused-ring (bicyclic) bond motifs is 6. The fourth-order valence-corrected chi connectivity index (χ4v) is 6.41. The Balaban J connectivity index is 1.58. The quantitative estimate of drug-likeness (QED) is 0.191. The highest BCUT2D eigenvalue weighted by molar-refractivity contribution is 6.21. The van der Waals surface area contributed by atoms with Crippen LogP contribution in [0.15, 0.2) is 145 Å². The zero-order valence-corrected chi connectivity index (χ0v) is 23.6. The van der Waals surface area contributed by atoms with E-state index < -0.39 is 90.0 Å². The van der Waals surface area contributed by atoms with Crippen molar-refractivity contribution < 1.29 is 20.6 Å². The minimum atomic E-state index is -1.36. The van der Waals surface area contributed by atoms with Gasteiger partial charge in [0, 0.05) is 16.7 Å². The third-order valence-corrected chi connectivity index (χ3v) is 8.42. The lowest BCUT2D eigenvalue weighted by molar-refractivity contribution is 0.660. The van der Waals surface area contributed by atoms with Gasteiger partial charge < -0.3 is 0 Å². The summed E-state index contributed by atoms with van der Waals surface area (Å²) < 4.78 is 139. The Labute approximate surface area is 278 Å². The molecule has 2 heteroatoms. The van der Waals surface area contributed by atoms with Gasteiger partial charge in [-0.1, -0.05) is 129 Å². The van der Waals surface area contributed by atoms with Gasteiger partial charge in [-0.25, -0.2) is 4.98 Å². The molecule has 1 aliphatic rings. The molecule has 0 radical (unpaired) electrons. The first kappa shape index (κ1) is 14.3. The number of hydrogen-bond acceptors (Lipinski definition) is 1. The van der Waals surface area contributed by atoms with Gasteiger partial charge >= 0.3 is 0 Å². The highest BCUT2D eigenvalue weighted by atomic mass is 15.1. The third kappa shape index (κ3) is 3.46. The van der Waals surface area contributed by atoms with Gasteiger partial charge in [0.15, 0.2) is 0 Å². The maximum atomic E-state index is 9.89. The van der Waals surface area contributed by atoms with Crippen LogP contribution in [0.1, 0.15) is 45.5 Å². The molecular formula is C42H30N2. The first-order valence-corrected chi connectivity index (χ1v) is 14.1. The van der Waals surface area contributed by atoms with Gasteiger partial charge in [-0.05, 0) is 85.2 Å². The Hall–Kier alpha value is -5.47. The van der Waals surface area contributed by atoms with E-state index in [1.165, 1.54) is 0 Å². The van der Waals surface area contributed by atoms with E-state index in [4.69, 9.17) is 16.0 Å². The van der Waals surface area contributed by atoms with Crippen LogP contribution in [-0.4, -0.2) is 9.55 Å². The summed E-state index contributed by atoms with van der Waals surface area (Å²) in [6.45, 7) is 3.27. The van der Waals surface area contributed by atoms with E-state index in [-0.39, 0.29) is 72.4 Å². The molecule has 0 aliphatic heterocycles. The van der Waals surface area contributed by atoms with Crippen molar-refractivity contribution in [3.8, 4) is 39.3 Å². The number of hydrogen-bond donors (Lipinski definition) is 0. The van der Waals surface area contributed by atoms with Crippen molar-refractivity contribution in [2.24, 2.45) is 0 Å². The molecule has 0 amide bonds. The summed E-state index contributed by atoms with van der Waals surface area (Å²) in [6, 6.07) is 7.58. The predicted octanol–water partition coefficient (Wildman–Crippen LogP) is 11.0. The Morgan fingerprint density at radius 3 is 1.91 bits per heavy atom. The van der Waals surface area contributed by atoms with Crippen LogP contribution < -0.4 is 0 Å². The average molecular weight is 578 g/mol. The van der Waals surface area contributed by atoms with Crippen molar-refractivity contribution in [1.29, 1.82) is 0 Å². The maximum absolute atomic E-state index is 9.89. The van der Waals surface area contributed by atoms with Crippen LogP contribution in [0.3, 0.4) is 0 Å². The highest BCUT2D eigenvalue weighted by Crippen LogP contribution is 2.51. The van der Waals surface area contributed by atoms with Crippen molar-refractivity contribution in [2.45, 2.75) is 19.3 Å². The fourth-order valence-electron chi connectivity index (χ4n) is 6.41. The molecular weight excluding hydrogens is 532 g/mol. The first-order valence-electron chi connectivity index (χ1n) is 21.6. The largest absolute Gasteiger partial charge is 0.292 e. The number of benzene rings is 7. The van der Waals surface area contributed by atoms with Crippen molar-refractivity contribution in [2.75, 3.05) is 0 Å². The van der Waals surface area contributed by atoms with E-state index in [1.54, 1.807) is 66.9 Å². The molecule has 208 valence electrons. The van der Waals surface area contributed by atoms with Crippen LogP contribution in [0.25, 0.3) is 71.9 Å². The van der Waals surface area contributed by atoms with Gasteiger partial charge in [0.2, 0.25) is 0 Å². The van der Waals surface area contributed by atoms with Crippen LogP contribution in [0.4, 0.5) is 0 Å². The van der Waals surface area contributed by atoms with Crippen LogP contribution in [0.2, 0.25) is 0 Å². The zero-order valence-electron chi connectivity index (χ0n) is 38.6. The van der Waals surface area contributed by atoms with E-state index in [1.807, 2.05) is 6.07 Å². The van der Waals surface area contributed by atoms with Crippen LogP contribution in [-0.2, 0) is 5.41 Å². The molecule has 8 aromatic rings. The monoisotopic (exact) mass is 577 g/mol. The van der Waals surface area contributed by atoms with Crippen LogP contribution in [0, 0.1) is 0 Å². The summed E-state index contributed by atoms with van der Waals surface area (Å²) >= 11 is 0. The number of nitrogens with zero attached hydrogens (tertiary/aromatic N) is 2. The fraction of sp³-hybridized carbons (Fsp3) is 0.0714. The minimum absolute atomic E-state index is 0.0248. The molecule has 7 aromatic carbocycles. The van der Waals surface area contributed by atoms with Gasteiger partial charge in [0.25, 0.3) is 0 Å². The van der Waals surface area contributed by atoms with Crippen LogP contribution >= 0.6 is 0 Å². The lowest BCUT2D eigenvalue weighted by Crippen LogP contribution is -2.14. The molecule has 0 saturated carbocycles. The smallest absolute Gasteiger partial charge is 0.146 e. The van der Waals surface area contributed by atoms with Gasteiger partial charge in [-0.2, -0.15) is 0 Å². The Bertz CT molecular complexity index is 3160. The molecule has 0 saturated heterocycles. The average Bonchev–Trinajstić information content (AvgIpc) is 3.73. The first-order chi connectivity index (χ1) is 27.9. The molecule has 44 heavy (non-hydrogen) atoms. The van der Waals surface area contributed by atoms with Crippen molar-refractivity contribution in [3.05, 3.63) is 156 Å². The van der Waals surface area contributed by atoms with E-state index >= 15 is 0 Å². The molecule has 0 unspecified atom stereocenters. The maximum Gasteiger partial charge on any atom is 0.146 e. The Kier molecular flexibility index (Phi) is 3.02. The highest BCUT2D eigenvalue weighted by Gasteiger charge is 2.35. The van der Waals surface area contributed by atoms with Crippen molar-refractivity contribution >= 4 is 32.6 Å². The molecule has 0 fully saturated rings. The van der Waals surface area contributed by atoms with Crippen molar-refractivity contribution in [1.82, 2.24) is 9.55 Å². The van der Waals surface area contributed by atoms with Crippen molar-refractivity contribution in [3.63, 3.8) is 0 Å². The number of imidazole rings is 1. The Morgan fingerprint density at radius 2 is 1.18 bits per heavy atom. The normalized spacial score (nSPS) is 18.2. The summed E-state index contributed by atoms with van der Waals surface area (Å²) in [5.74, 6) is 0.0984. The minimum Gasteiger partial charge on any atom is -0.292 e. The lowest BCUT2D eigenvalue weighted by atomic mass is 9.80. The summed E-state index contributed by atoms with van der Waals surface area (Å²) in [4.78, 5) is 4.96. The number of rotatable bonds is 3. The number of aromatic nitrogens is 2. The second-order valence-electron chi connectivity index (χ2n) is 11.2. The number of para-hydroxylation sites is 3. The molecule has 9 rings (SSSR count). The second-order valence-corrected chi connectivity index (χ2v) is 11.2. The van der Waals surface area contributed by atoms with Gasteiger partial charge in [0.05, 0.1) is 31.6 Å². The van der Waals surface area contributed by atoms with E-state index in [0.29, 0.717) is 16.7 Å². The molecule has 1 aliphatic carbocycles. The SMILES string of the molecule is [2H]c1c([2H])c([2H])c2c(c1[2H])-c1c([2H])c([2H])c(-c3c4c([2H])c([2H])c([2H])c([2H])c4c(-c4nc5ccccc5n4-c4ccccc4)c4c([2H])c([2H])c([2H])c([2H])c34)c([2H])c1C2(C)C. The third-order valence-electron chi connectivity index (χ3n) is 8.42. The second kappa shape index (κ2) is 9.26. The topological polar surface area (TPSA) is 17.8 Å². The summed E-state index contributed by atoms with van der Waals surface area (Å²) in [7, 11) is 0. The molecule has 0 N–H and O–H groups in total. The summed E-state index contributed by atoms with van der Waals surface area (Å²) in [6.07, 6.45) is 0. The standard InChI is InChI=1S/C42H30N2/c1-42(2)35-21-11-10-16-29(35)30-25-24-27(26-36(30)42)39-31-17-6-8-19-33(31)40(34-20-9-7-18-32(34)39)41-43-37-22-12-13-23-38(37)44(41)28-14-4-3-5-15-28/h3-26H,1-2H3/i6D,7D,8D,9D,10D,11D,16D,17D,18D,19D,20D,21D,24D,25D,26D. The van der Waals surface area contributed by atoms with E-state index in [9.17, 15) is 9.60 Å².